The zero-order valence-electron chi connectivity index (χ0n) is 11.0. The first-order chi connectivity index (χ1) is 9.54. The van der Waals surface area contributed by atoms with E-state index in [4.69, 9.17) is 0 Å². The lowest BCUT2D eigenvalue weighted by Crippen LogP contribution is -2.37. The first kappa shape index (κ1) is 14.1. The molecule has 1 saturated heterocycles. The van der Waals surface area contributed by atoms with Gasteiger partial charge in [0.1, 0.15) is 0 Å². The fraction of sp³-hybridized carbons (Fsp3) is 0.833. The van der Waals surface area contributed by atoms with Crippen LogP contribution in [0.15, 0.2) is 0 Å². The molecule has 1 saturated carbocycles. The standard InChI is InChI=1S/C12H17F3N4S/c13-12(14,15)10-17-18-11(20-10)19(9-1-2-9)7-8-3-5-16-6-4-8/h8-9,16H,1-7H2. The van der Waals surface area contributed by atoms with E-state index in [1.54, 1.807) is 0 Å². The van der Waals surface area contributed by atoms with Crippen molar-refractivity contribution in [1.82, 2.24) is 15.5 Å². The van der Waals surface area contributed by atoms with Crippen molar-refractivity contribution in [2.75, 3.05) is 24.5 Å². The normalized spacial score (nSPS) is 21.1. The molecule has 4 nitrogen and oxygen atoms in total. The summed E-state index contributed by atoms with van der Waals surface area (Å²) in [5.74, 6) is 0.537. The molecule has 0 atom stereocenters. The van der Waals surface area contributed by atoms with Crippen LogP contribution in [0.4, 0.5) is 18.3 Å². The largest absolute Gasteiger partial charge is 0.445 e. The van der Waals surface area contributed by atoms with Crippen molar-refractivity contribution < 1.29 is 13.2 Å². The molecule has 1 aliphatic heterocycles. The lowest BCUT2D eigenvalue weighted by molar-refractivity contribution is -0.138. The van der Waals surface area contributed by atoms with Crippen LogP contribution in [0.25, 0.3) is 0 Å². The lowest BCUT2D eigenvalue weighted by Gasteiger charge is -2.29. The minimum absolute atomic E-state index is 0.360. The molecule has 0 radical (unpaired) electrons. The highest BCUT2D eigenvalue weighted by Crippen LogP contribution is 2.39. The molecule has 1 aromatic heterocycles. The Morgan fingerprint density at radius 1 is 1.15 bits per heavy atom. The predicted molar refractivity (Wildman–Crippen MR) is 70.9 cm³/mol. The van der Waals surface area contributed by atoms with Crippen LogP contribution < -0.4 is 10.2 Å². The molecule has 2 aliphatic rings. The van der Waals surface area contributed by atoms with Crippen molar-refractivity contribution in [2.45, 2.75) is 37.9 Å². The molecule has 1 aromatic rings. The van der Waals surface area contributed by atoms with Crippen molar-refractivity contribution in [3.8, 4) is 0 Å². The fourth-order valence-corrected chi connectivity index (χ4v) is 3.35. The third-order valence-electron chi connectivity index (χ3n) is 3.80. The maximum absolute atomic E-state index is 12.6. The number of hydrogen-bond acceptors (Lipinski definition) is 5. The van der Waals surface area contributed by atoms with E-state index in [2.05, 4.69) is 15.5 Å². The third-order valence-corrected chi connectivity index (χ3v) is 4.81. The Kier molecular flexibility index (Phi) is 3.85. The molecule has 2 fully saturated rings. The van der Waals surface area contributed by atoms with E-state index in [1.807, 2.05) is 4.90 Å². The highest BCUT2D eigenvalue weighted by atomic mass is 32.1. The highest BCUT2D eigenvalue weighted by Gasteiger charge is 2.38. The number of alkyl halides is 3. The maximum atomic E-state index is 12.6. The summed E-state index contributed by atoms with van der Waals surface area (Å²) in [5, 5.41) is 9.96. The Morgan fingerprint density at radius 2 is 1.85 bits per heavy atom. The van der Waals surface area contributed by atoms with Gasteiger partial charge in [0, 0.05) is 12.6 Å². The van der Waals surface area contributed by atoms with Gasteiger partial charge in [0.25, 0.3) is 0 Å². The first-order valence-electron chi connectivity index (χ1n) is 6.92. The summed E-state index contributed by atoms with van der Waals surface area (Å²) in [6.07, 6.45) is -0.139. The van der Waals surface area contributed by atoms with Gasteiger partial charge in [-0.3, -0.25) is 0 Å². The lowest BCUT2D eigenvalue weighted by atomic mass is 9.97. The maximum Gasteiger partial charge on any atom is 0.445 e. The van der Waals surface area contributed by atoms with Crippen LogP contribution in [0.5, 0.6) is 0 Å². The van der Waals surface area contributed by atoms with Crippen LogP contribution in [0.2, 0.25) is 0 Å². The summed E-state index contributed by atoms with van der Waals surface area (Å²) in [7, 11) is 0. The van der Waals surface area contributed by atoms with Gasteiger partial charge < -0.3 is 10.2 Å². The van der Waals surface area contributed by atoms with E-state index in [-0.39, 0.29) is 0 Å². The van der Waals surface area contributed by atoms with E-state index >= 15 is 0 Å². The number of piperidine rings is 1. The molecule has 0 bridgehead atoms. The topological polar surface area (TPSA) is 41.1 Å². The molecule has 2 heterocycles. The van der Waals surface area contributed by atoms with Crippen LogP contribution >= 0.6 is 11.3 Å². The number of anilines is 1. The number of nitrogens with zero attached hydrogens (tertiary/aromatic N) is 3. The quantitative estimate of drug-likeness (QED) is 0.928. The van der Waals surface area contributed by atoms with E-state index in [1.165, 1.54) is 0 Å². The Hall–Kier alpha value is -0.890. The predicted octanol–water partition coefficient (Wildman–Crippen LogP) is 2.53. The van der Waals surface area contributed by atoms with Gasteiger partial charge in [-0.2, -0.15) is 13.2 Å². The minimum atomic E-state index is -4.39. The van der Waals surface area contributed by atoms with Crippen molar-refractivity contribution in [2.24, 2.45) is 5.92 Å². The molecule has 0 unspecified atom stereocenters. The Morgan fingerprint density at radius 3 is 2.40 bits per heavy atom. The SMILES string of the molecule is FC(F)(F)c1nnc(N(CC2CCNCC2)C2CC2)s1. The Balaban J connectivity index is 1.71. The third kappa shape index (κ3) is 3.22. The van der Waals surface area contributed by atoms with E-state index in [9.17, 15) is 13.2 Å². The fourth-order valence-electron chi connectivity index (χ4n) is 2.56. The number of aromatic nitrogens is 2. The van der Waals surface area contributed by atoms with Gasteiger partial charge >= 0.3 is 6.18 Å². The van der Waals surface area contributed by atoms with Gasteiger partial charge in [-0.1, -0.05) is 11.3 Å². The van der Waals surface area contributed by atoms with Crippen LogP contribution in [0.3, 0.4) is 0 Å². The second-order valence-corrected chi connectivity index (χ2v) is 6.42. The van der Waals surface area contributed by atoms with Gasteiger partial charge in [0.05, 0.1) is 0 Å². The molecule has 0 amide bonds. The summed E-state index contributed by atoms with van der Waals surface area (Å²) >= 11 is 0.668. The van der Waals surface area contributed by atoms with Crippen molar-refractivity contribution in [3.05, 3.63) is 5.01 Å². The average Bonchev–Trinajstić information content (AvgIpc) is 3.12. The number of halogens is 3. The number of hydrogen-bond donors (Lipinski definition) is 1. The van der Waals surface area contributed by atoms with E-state index < -0.39 is 11.2 Å². The summed E-state index contributed by atoms with van der Waals surface area (Å²) in [4.78, 5) is 2.04. The second kappa shape index (κ2) is 5.48. The van der Waals surface area contributed by atoms with Gasteiger partial charge in [-0.25, -0.2) is 0 Å². The summed E-state index contributed by atoms with van der Waals surface area (Å²) in [6.45, 7) is 2.79. The van der Waals surface area contributed by atoms with Gasteiger partial charge in [0.15, 0.2) is 0 Å². The smallest absolute Gasteiger partial charge is 0.343 e. The molecule has 112 valence electrons. The van der Waals surface area contributed by atoms with Crippen LogP contribution in [0, 0.1) is 5.92 Å². The van der Waals surface area contributed by atoms with E-state index in [0.29, 0.717) is 28.4 Å². The molecule has 3 rings (SSSR count). The van der Waals surface area contributed by atoms with Gasteiger partial charge in [-0.05, 0) is 44.7 Å². The van der Waals surface area contributed by atoms with Crippen molar-refractivity contribution >= 4 is 16.5 Å². The number of rotatable bonds is 4. The minimum Gasteiger partial charge on any atom is -0.343 e. The molecule has 0 spiro atoms. The molecule has 1 N–H and O–H groups in total. The van der Waals surface area contributed by atoms with Crippen molar-refractivity contribution in [3.63, 3.8) is 0 Å². The highest BCUT2D eigenvalue weighted by molar-refractivity contribution is 7.15. The van der Waals surface area contributed by atoms with Gasteiger partial charge in [-0.15, -0.1) is 10.2 Å². The van der Waals surface area contributed by atoms with Crippen LogP contribution in [-0.4, -0.2) is 35.9 Å². The number of nitrogens with one attached hydrogen (secondary N) is 1. The molecular formula is C12H17F3N4S. The Labute approximate surface area is 119 Å². The monoisotopic (exact) mass is 306 g/mol. The van der Waals surface area contributed by atoms with Crippen molar-refractivity contribution in [1.29, 1.82) is 0 Å². The first-order valence-corrected chi connectivity index (χ1v) is 7.74. The molecule has 0 aromatic carbocycles. The van der Waals surface area contributed by atoms with Gasteiger partial charge in [0.2, 0.25) is 10.1 Å². The van der Waals surface area contributed by atoms with Crippen LogP contribution in [0.1, 0.15) is 30.7 Å². The summed E-state index contributed by atoms with van der Waals surface area (Å²) < 4.78 is 37.9. The second-order valence-electron chi connectivity index (χ2n) is 5.46. The summed E-state index contributed by atoms with van der Waals surface area (Å²) in [5.41, 5.74) is 0. The molecule has 1 aliphatic carbocycles. The summed E-state index contributed by atoms with van der Waals surface area (Å²) in [6, 6.07) is 0.360. The van der Waals surface area contributed by atoms with E-state index in [0.717, 1.165) is 45.3 Å². The van der Waals surface area contributed by atoms with Crippen LogP contribution in [-0.2, 0) is 6.18 Å². The zero-order valence-corrected chi connectivity index (χ0v) is 11.8. The molecular weight excluding hydrogens is 289 g/mol. The Bertz CT molecular complexity index is 452. The molecule has 20 heavy (non-hydrogen) atoms. The zero-order chi connectivity index (χ0) is 14.2. The average molecular weight is 306 g/mol. The molecule has 8 heteroatoms.